The van der Waals surface area contributed by atoms with Crippen LogP contribution in [0.25, 0.3) is 0 Å². The third-order valence-corrected chi connectivity index (χ3v) is 1.87. The summed E-state index contributed by atoms with van der Waals surface area (Å²) in [4.78, 5) is 11.0. The molecule has 90 valence electrons. The predicted octanol–water partition coefficient (Wildman–Crippen LogP) is -2.47. The number of nitrogens with zero attached hydrogens (tertiary/aromatic N) is 1. The summed E-state index contributed by atoms with van der Waals surface area (Å²) < 4.78 is 5.43. The lowest BCUT2D eigenvalue weighted by molar-refractivity contribution is -0.909. The number of rotatable bonds is 6. The van der Waals surface area contributed by atoms with Crippen LogP contribution in [0, 0.1) is 0 Å². The fourth-order valence-electron chi connectivity index (χ4n) is 0.851. The summed E-state index contributed by atoms with van der Waals surface area (Å²) in [6.45, 7) is 6.35. The molecule has 0 rings (SSSR count). The maximum absolute atomic E-state index is 11.0. The van der Waals surface area contributed by atoms with Gasteiger partial charge in [-0.3, -0.25) is 0 Å². The van der Waals surface area contributed by atoms with Crippen LogP contribution in [0.5, 0.6) is 0 Å². The maximum Gasteiger partial charge on any atom is 0.333 e. The van der Waals surface area contributed by atoms with E-state index in [0.717, 1.165) is 13.0 Å². The second-order valence-electron chi connectivity index (χ2n) is 4.07. The van der Waals surface area contributed by atoms with Crippen LogP contribution >= 0.6 is 0 Å². The van der Waals surface area contributed by atoms with Crippen molar-refractivity contribution in [2.75, 3.05) is 34.0 Å². The Balaban J connectivity index is 0. The number of aliphatic hydroxyl groups excluding tert-OH is 1. The van der Waals surface area contributed by atoms with E-state index >= 15 is 0 Å². The standard InChI is InChI=1S/C10H20NO3.ClH/c1-9(2)10(13)14-7-5-6-11(3,4)8-12;/h12H,1,5-8H2,2-4H3;1H/q+1;/p-1. The lowest BCUT2D eigenvalue weighted by Gasteiger charge is -2.26. The van der Waals surface area contributed by atoms with E-state index in [2.05, 4.69) is 6.58 Å². The van der Waals surface area contributed by atoms with Gasteiger partial charge in [-0.1, -0.05) is 6.58 Å². The first-order valence-corrected chi connectivity index (χ1v) is 4.64. The van der Waals surface area contributed by atoms with Gasteiger partial charge in [-0.25, -0.2) is 4.79 Å². The molecule has 0 unspecified atom stereocenters. The average molecular weight is 238 g/mol. The highest BCUT2D eigenvalue weighted by Gasteiger charge is 2.12. The normalized spacial score (nSPS) is 10.4. The Morgan fingerprint density at radius 3 is 2.40 bits per heavy atom. The van der Waals surface area contributed by atoms with E-state index in [4.69, 9.17) is 9.84 Å². The molecule has 0 saturated carbocycles. The van der Waals surface area contributed by atoms with Crippen molar-refractivity contribution in [3.63, 3.8) is 0 Å². The van der Waals surface area contributed by atoms with Gasteiger partial charge in [0.2, 0.25) is 0 Å². The smallest absolute Gasteiger partial charge is 0.333 e. The van der Waals surface area contributed by atoms with Gasteiger partial charge in [-0.05, 0) is 6.92 Å². The van der Waals surface area contributed by atoms with E-state index < -0.39 is 0 Å². The largest absolute Gasteiger partial charge is 1.00 e. The van der Waals surface area contributed by atoms with Crippen molar-refractivity contribution in [3.8, 4) is 0 Å². The van der Waals surface area contributed by atoms with Crippen molar-refractivity contribution >= 4 is 5.97 Å². The highest BCUT2D eigenvalue weighted by molar-refractivity contribution is 5.86. The van der Waals surface area contributed by atoms with E-state index in [0.29, 0.717) is 16.7 Å². The summed E-state index contributed by atoms with van der Waals surface area (Å²) in [5, 5.41) is 8.94. The number of aliphatic hydroxyl groups is 1. The molecule has 4 nitrogen and oxygen atoms in total. The van der Waals surface area contributed by atoms with Crippen LogP contribution in [-0.2, 0) is 9.53 Å². The van der Waals surface area contributed by atoms with Crippen LogP contribution in [0.1, 0.15) is 13.3 Å². The molecule has 0 saturated heterocycles. The van der Waals surface area contributed by atoms with Gasteiger partial charge in [0.15, 0.2) is 6.73 Å². The van der Waals surface area contributed by atoms with Crippen molar-refractivity contribution in [2.45, 2.75) is 13.3 Å². The Labute approximate surface area is 97.5 Å². The van der Waals surface area contributed by atoms with Crippen molar-refractivity contribution in [2.24, 2.45) is 0 Å². The summed E-state index contributed by atoms with van der Waals surface area (Å²) >= 11 is 0. The van der Waals surface area contributed by atoms with Crippen LogP contribution in [0.15, 0.2) is 12.2 Å². The molecule has 5 heteroatoms. The van der Waals surface area contributed by atoms with E-state index in [1.54, 1.807) is 6.92 Å². The van der Waals surface area contributed by atoms with E-state index in [1.165, 1.54) is 0 Å². The molecule has 0 aromatic heterocycles. The van der Waals surface area contributed by atoms with Gasteiger partial charge in [0.1, 0.15) is 0 Å². The zero-order valence-electron chi connectivity index (χ0n) is 9.62. The van der Waals surface area contributed by atoms with E-state index in [-0.39, 0.29) is 25.1 Å². The van der Waals surface area contributed by atoms with Gasteiger partial charge >= 0.3 is 5.97 Å². The summed E-state index contributed by atoms with van der Waals surface area (Å²) in [7, 11) is 3.83. The Morgan fingerprint density at radius 1 is 1.47 bits per heavy atom. The molecule has 0 amide bonds. The van der Waals surface area contributed by atoms with Crippen LogP contribution in [-0.4, -0.2) is 49.5 Å². The van der Waals surface area contributed by atoms with Gasteiger partial charge in [0.05, 0.1) is 27.2 Å². The third kappa shape index (κ3) is 8.42. The first kappa shape index (κ1) is 16.8. The topological polar surface area (TPSA) is 46.5 Å². The van der Waals surface area contributed by atoms with Gasteiger partial charge in [0.25, 0.3) is 0 Å². The molecule has 0 aromatic rings. The molecule has 0 aliphatic heterocycles. The van der Waals surface area contributed by atoms with Crippen LogP contribution in [0.2, 0.25) is 0 Å². The molecule has 0 aromatic carbocycles. The lowest BCUT2D eigenvalue weighted by atomic mass is 10.3. The average Bonchev–Trinajstić information content (AvgIpc) is 2.12. The minimum Gasteiger partial charge on any atom is -1.00 e. The van der Waals surface area contributed by atoms with Gasteiger partial charge in [0, 0.05) is 12.0 Å². The molecular weight excluding hydrogens is 218 g/mol. The quantitative estimate of drug-likeness (QED) is 0.183. The van der Waals surface area contributed by atoms with Crippen LogP contribution < -0.4 is 12.4 Å². The molecule has 0 atom stereocenters. The summed E-state index contributed by atoms with van der Waals surface area (Å²) in [6, 6.07) is 0. The lowest BCUT2D eigenvalue weighted by Crippen LogP contribution is -3.00. The van der Waals surface area contributed by atoms with Gasteiger partial charge in [-0.15, -0.1) is 0 Å². The van der Waals surface area contributed by atoms with Crippen molar-refractivity contribution < 1.29 is 31.5 Å². The molecule has 1 N–H and O–H groups in total. The first-order valence-electron chi connectivity index (χ1n) is 4.64. The number of quaternary nitrogens is 1. The Bertz CT molecular complexity index is 217. The van der Waals surface area contributed by atoms with E-state index in [9.17, 15) is 4.79 Å². The van der Waals surface area contributed by atoms with Gasteiger partial charge in [-0.2, -0.15) is 0 Å². The number of carbonyl (C=O) groups is 1. The number of carbonyl (C=O) groups excluding carboxylic acids is 1. The summed E-state index contributed by atoms with van der Waals surface area (Å²) in [5.74, 6) is -0.348. The molecule has 0 aliphatic carbocycles. The van der Waals surface area contributed by atoms with Crippen molar-refractivity contribution in [1.82, 2.24) is 0 Å². The first-order chi connectivity index (χ1) is 6.39. The third-order valence-electron chi connectivity index (χ3n) is 1.87. The Kier molecular flexibility index (Phi) is 8.62. The second-order valence-corrected chi connectivity index (χ2v) is 4.07. The fraction of sp³-hybridized carbons (Fsp3) is 0.700. The zero-order valence-corrected chi connectivity index (χ0v) is 10.4. The fourth-order valence-corrected chi connectivity index (χ4v) is 0.851. The Morgan fingerprint density at radius 2 is 2.00 bits per heavy atom. The molecular formula is C10H20ClNO3. The summed E-state index contributed by atoms with van der Waals surface area (Å²) in [5.41, 5.74) is 0.418. The SMILES string of the molecule is C=C(C)C(=O)OCCC[N+](C)(C)CO.[Cl-]. The summed E-state index contributed by atoms with van der Waals surface area (Å²) in [6.07, 6.45) is 0.743. The number of esters is 1. The monoisotopic (exact) mass is 237 g/mol. The van der Waals surface area contributed by atoms with Crippen LogP contribution in [0.3, 0.4) is 0 Å². The van der Waals surface area contributed by atoms with Crippen molar-refractivity contribution in [3.05, 3.63) is 12.2 Å². The number of ether oxygens (including phenoxy) is 1. The molecule has 0 aliphatic rings. The predicted molar refractivity (Wildman–Crippen MR) is 54.5 cm³/mol. The molecule has 0 fully saturated rings. The number of hydrogen-bond acceptors (Lipinski definition) is 3. The highest BCUT2D eigenvalue weighted by atomic mass is 35.5. The molecule has 0 heterocycles. The van der Waals surface area contributed by atoms with E-state index in [1.807, 2.05) is 14.1 Å². The number of halogens is 1. The highest BCUT2D eigenvalue weighted by Crippen LogP contribution is 1.99. The zero-order chi connectivity index (χ0) is 11.2. The van der Waals surface area contributed by atoms with Crippen molar-refractivity contribution in [1.29, 1.82) is 0 Å². The molecule has 0 spiro atoms. The minimum absolute atomic E-state index is 0. The minimum atomic E-state index is -0.348. The number of hydrogen-bond donors (Lipinski definition) is 1. The van der Waals surface area contributed by atoms with Crippen LogP contribution in [0.4, 0.5) is 0 Å². The Hall–Kier alpha value is -0.580. The molecule has 15 heavy (non-hydrogen) atoms. The molecule has 0 radical (unpaired) electrons. The maximum atomic E-state index is 11.0. The second kappa shape index (κ2) is 7.68. The van der Waals surface area contributed by atoms with Gasteiger partial charge < -0.3 is 26.7 Å². The molecule has 0 bridgehead atoms.